The second kappa shape index (κ2) is 7.72. The van der Waals surface area contributed by atoms with Crippen LogP contribution in [0.3, 0.4) is 0 Å². The fourth-order valence-electron chi connectivity index (χ4n) is 2.88. The maximum atomic E-state index is 5.86. The molecular weight excluding hydrogens is 302 g/mol. The standard InChI is InChI=1S/C14H25N5O2S/c1-11(2)18-5-7-21-13(8-18)10-22-14-15-16-17-19(14)9-12-4-3-6-20-12/h11-13H,3-10H2,1-2H3/t12-,13+/m0/s1. The van der Waals surface area contributed by atoms with E-state index in [1.807, 2.05) is 4.68 Å². The highest BCUT2D eigenvalue weighted by Gasteiger charge is 2.24. The third kappa shape index (κ3) is 4.18. The molecule has 3 heterocycles. The average Bonchev–Trinajstić information content (AvgIpc) is 3.18. The van der Waals surface area contributed by atoms with Gasteiger partial charge in [-0.2, -0.15) is 0 Å². The molecule has 124 valence electrons. The number of tetrazole rings is 1. The van der Waals surface area contributed by atoms with Crippen LogP contribution >= 0.6 is 11.8 Å². The summed E-state index contributed by atoms with van der Waals surface area (Å²) in [6, 6.07) is 0.571. The lowest BCUT2D eigenvalue weighted by atomic mass is 10.2. The fraction of sp³-hybridized carbons (Fsp3) is 0.929. The van der Waals surface area contributed by atoms with Crippen LogP contribution in [0.1, 0.15) is 26.7 Å². The zero-order valence-corrected chi connectivity index (χ0v) is 14.2. The SMILES string of the molecule is CC(C)N1CCO[C@@H](CSc2nnnn2C[C@@H]2CCCO2)C1. The molecule has 2 atom stereocenters. The molecule has 2 saturated heterocycles. The van der Waals surface area contributed by atoms with Crippen molar-refractivity contribution in [3.63, 3.8) is 0 Å². The summed E-state index contributed by atoms with van der Waals surface area (Å²) in [5.41, 5.74) is 0. The predicted octanol–water partition coefficient (Wildman–Crippen LogP) is 1.05. The Bertz CT molecular complexity index is 464. The number of hydrogen-bond donors (Lipinski definition) is 0. The van der Waals surface area contributed by atoms with Crippen molar-refractivity contribution in [3.05, 3.63) is 0 Å². The van der Waals surface area contributed by atoms with Crippen LogP contribution in [-0.2, 0) is 16.0 Å². The highest BCUT2D eigenvalue weighted by atomic mass is 32.2. The fourth-order valence-corrected chi connectivity index (χ4v) is 3.77. The molecule has 2 aliphatic rings. The second-order valence-electron chi connectivity index (χ2n) is 6.17. The summed E-state index contributed by atoms with van der Waals surface area (Å²) in [7, 11) is 0. The van der Waals surface area contributed by atoms with Gasteiger partial charge in [-0.15, -0.1) is 5.10 Å². The van der Waals surface area contributed by atoms with Crippen molar-refractivity contribution in [1.82, 2.24) is 25.1 Å². The van der Waals surface area contributed by atoms with Gasteiger partial charge in [-0.25, -0.2) is 4.68 Å². The Balaban J connectivity index is 1.50. The average molecular weight is 327 g/mol. The Morgan fingerprint density at radius 2 is 2.14 bits per heavy atom. The van der Waals surface area contributed by atoms with E-state index in [-0.39, 0.29) is 12.2 Å². The quantitative estimate of drug-likeness (QED) is 0.724. The van der Waals surface area contributed by atoms with Crippen LogP contribution in [0.5, 0.6) is 0 Å². The molecule has 0 unspecified atom stereocenters. The van der Waals surface area contributed by atoms with Gasteiger partial charge in [0.25, 0.3) is 0 Å². The van der Waals surface area contributed by atoms with Crippen molar-refractivity contribution in [2.45, 2.75) is 56.6 Å². The minimum absolute atomic E-state index is 0.244. The summed E-state index contributed by atoms with van der Waals surface area (Å²) in [5.74, 6) is 0.884. The lowest BCUT2D eigenvalue weighted by molar-refractivity contribution is -0.0265. The van der Waals surface area contributed by atoms with E-state index in [0.29, 0.717) is 6.04 Å². The lowest BCUT2D eigenvalue weighted by Gasteiger charge is -2.35. The Morgan fingerprint density at radius 3 is 2.91 bits per heavy atom. The van der Waals surface area contributed by atoms with E-state index in [4.69, 9.17) is 9.47 Å². The van der Waals surface area contributed by atoms with E-state index < -0.39 is 0 Å². The zero-order valence-electron chi connectivity index (χ0n) is 13.3. The Morgan fingerprint density at radius 1 is 1.27 bits per heavy atom. The molecule has 0 amide bonds. The zero-order chi connectivity index (χ0) is 15.4. The molecule has 3 rings (SSSR count). The number of ether oxygens (including phenoxy) is 2. The van der Waals surface area contributed by atoms with Gasteiger partial charge in [0, 0.05) is 31.5 Å². The molecule has 0 radical (unpaired) electrons. The molecule has 0 bridgehead atoms. The normalized spacial score (nSPS) is 26.9. The van der Waals surface area contributed by atoms with Crippen molar-refractivity contribution in [2.24, 2.45) is 0 Å². The molecule has 0 aromatic carbocycles. The number of aromatic nitrogens is 4. The minimum Gasteiger partial charge on any atom is -0.376 e. The monoisotopic (exact) mass is 327 g/mol. The van der Waals surface area contributed by atoms with Crippen LogP contribution < -0.4 is 0 Å². The molecule has 0 saturated carbocycles. The number of morpholine rings is 1. The number of hydrogen-bond acceptors (Lipinski definition) is 7. The van der Waals surface area contributed by atoms with E-state index in [0.717, 1.165) is 56.6 Å². The number of rotatable bonds is 6. The molecule has 0 aliphatic carbocycles. The summed E-state index contributed by atoms with van der Waals surface area (Å²) in [5, 5.41) is 12.9. The van der Waals surface area contributed by atoms with Gasteiger partial charge in [0.05, 0.1) is 25.4 Å². The van der Waals surface area contributed by atoms with E-state index >= 15 is 0 Å². The van der Waals surface area contributed by atoms with Gasteiger partial charge in [-0.1, -0.05) is 11.8 Å². The summed E-state index contributed by atoms with van der Waals surface area (Å²) in [6.45, 7) is 8.89. The Kier molecular flexibility index (Phi) is 5.67. The molecule has 7 nitrogen and oxygen atoms in total. The van der Waals surface area contributed by atoms with Crippen molar-refractivity contribution in [2.75, 3.05) is 32.1 Å². The summed E-state index contributed by atoms with van der Waals surface area (Å²) in [4.78, 5) is 2.46. The summed E-state index contributed by atoms with van der Waals surface area (Å²) >= 11 is 1.68. The molecule has 8 heteroatoms. The van der Waals surface area contributed by atoms with E-state index in [1.54, 1.807) is 11.8 Å². The molecule has 0 N–H and O–H groups in total. The maximum Gasteiger partial charge on any atom is 0.209 e. The van der Waals surface area contributed by atoms with Gasteiger partial charge >= 0.3 is 0 Å². The predicted molar refractivity (Wildman–Crippen MR) is 84.0 cm³/mol. The van der Waals surface area contributed by atoms with E-state index in [9.17, 15) is 0 Å². The Hall–Kier alpha value is -0.700. The van der Waals surface area contributed by atoms with Crippen LogP contribution in [0, 0.1) is 0 Å². The maximum absolute atomic E-state index is 5.86. The van der Waals surface area contributed by atoms with Crippen molar-refractivity contribution >= 4 is 11.8 Å². The van der Waals surface area contributed by atoms with E-state index in [2.05, 4.69) is 34.3 Å². The third-order valence-corrected chi connectivity index (χ3v) is 5.29. The van der Waals surface area contributed by atoms with Crippen molar-refractivity contribution in [3.8, 4) is 0 Å². The minimum atomic E-state index is 0.244. The second-order valence-corrected chi connectivity index (χ2v) is 7.16. The molecule has 2 aliphatic heterocycles. The first-order valence-electron chi connectivity index (χ1n) is 8.08. The highest BCUT2D eigenvalue weighted by Crippen LogP contribution is 2.21. The topological polar surface area (TPSA) is 65.3 Å². The van der Waals surface area contributed by atoms with Gasteiger partial charge in [0.1, 0.15) is 0 Å². The molecule has 2 fully saturated rings. The molecule has 22 heavy (non-hydrogen) atoms. The summed E-state index contributed by atoms with van der Waals surface area (Å²) in [6.07, 6.45) is 2.73. The summed E-state index contributed by atoms with van der Waals surface area (Å²) < 4.78 is 13.4. The molecule has 0 spiro atoms. The van der Waals surface area contributed by atoms with Crippen LogP contribution in [-0.4, -0.2) is 75.4 Å². The van der Waals surface area contributed by atoms with Crippen molar-refractivity contribution < 1.29 is 9.47 Å². The van der Waals surface area contributed by atoms with Gasteiger partial charge in [-0.05, 0) is 37.1 Å². The first kappa shape index (κ1) is 16.2. The molecule has 1 aromatic heterocycles. The van der Waals surface area contributed by atoms with Crippen LogP contribution in [0.15, 0.2) is 5.16 Å². The Labute approximate surface area is 135 Å². The van der Waals surface area contributed by atoms with Crippen LogP contribution in [0.2, 0.25) is 0 Å². The van der Waals surface area contributed by atoms with Gasteiger partial charge in [0.2, 0.25) is 5.16 Å². The van der Waals surface area contributed by atoms with E-state index in [1.165, 1.54) is 0 Å². The van der Waals surface area contributed by atoms with Crippen molar-refractivity contribution in [1.29, 1.82) is 0 Å². The van der Waals surface area contributed by atoms with Crippen LogP contribution in [0.4, 0.5) is 0 Å². The number of thioether (sulfide) groups is 1. The van der Waals surface area contributed by atoms with Gasteiger partial charge < -0.3 is 9.47 Å². The smallest absolute Gasteiger partial charge is 0.209 e. The first-order chi connectivity index (χ1) is 10.7. The third-order valence-electron chi connectivity index (χ3n) is 4.20. The number of nitrogens with zero attached hydrogens (tertiary/aromatic N) is 5. The van der Waals surface area contributed by atoms with Gasteiger partial charge in [-0.3, -0.25) is 4.90 Å². The van der Waals surface area contributed by atoms with Crippen LogP contribution in [0.25, 0.3) is 0 Å². The largest absolute Gasteiger partial charge is 0.376 e. The lowest BCUT2D eigenvalue weighted by Crippen LogP contribution is -2.46. The molecular formula is C14H25N5O2S. The highest BCUT2D eigenvalue weighted by molar-refractivity contribution is 7.99. The van der Waals surface area contributed by atoms with Gasteiger partial charge in [0.15, 0.2) is 0 Å². The first-order valence-corrected chi connectivity index (χ1v) is 9.07. The molecule has 1 aromatic rings.